The molecule has 1 heterocycles. The topological polar surface area (TPSA) is 64.4 Å². The number of hydrogen-bond donors (Lipinski definition) is 2. The second kappa shape index (κ2) is 5.20. The highest BCUT2D eigenvalue weighted by Crippen LogP contribution is 2.16. The van der Waals surface area contributed by atoms with Crippen molar-refractivity contribution in [2.45, 2.75) is 25.7 Å². The van der Waals surface area contributed by atoms with Crippen molar-refractivity contribution in [3.8, 4) is 0 Å². The first-order valence-corrected chi connectivity index (χ1v) is 5.51. The van der Waals surface area contributed by atoms with Gasteiger partial charge in [-0.05, 0) is 12.8 Å². The Morgan fingerprint density at radius 1 is 1.21 bits per heavy atom. The Kier molecular flexibility index (Phi) is 4.20. The van der Waals surface area contributed by atoms with Crippen molar-refractivity contribution in [1.82, 2.24) is 0 Å². The highest BCUT2D eigenvalue weighted by Gasteiger charge is 2.25. The first-order valence-electron chi connectivity index (χ1n) is 5.51. The zero-order chi connectivity index (χ0) is 10.4. The van der Waals surface area contributed by atoms with E-state index in [2.05, 4.69) is 12.0 Å². The summed E-state index contributed by atoms with van der Waals surface area (Å²) in [5, 5.41) is 0. The van der Waals surface area contributed by atoms with Crippen molar-refractivity contribution in [2.24, 2.45) is 16.5 Å². The second-order valence-electron chi connectivity index (χ2n) is 4.51. The number of guanidine groups is 1. The lowest BCUT2D eigenvalue weighted by atomic mass is 10.2. The number of likely N-dealkylation sites (tertiary alicyclic amines) is 1. The van der Waals surface area contributed by atoms with Gasteiger partial charge in [0.1, 0.15) is 0 Å². The third-order valence-corrected chi connectivity index (χ3v) is 3.05. The molecule has 1 fully saturated rings. The van der Waals surface area contributed by atoms with Gasteiger partial charge in [-0.1, -0.05) is 0 Å². The molecule has 0 amide bonds. The summed E-state index contributed by atoms with van der Waals surface area (Å²) in [7, 11) is 2.35. The molecule has 4 N–H and O–H groups in total. The first-order chi connectivity index (χ1) is 6.62. The molecule has 0 radical (unpaired) electrons. The average molecular weight is 199 g/mol. The van der Waals surface area contributed by atoms with Crippen LogP contribution in [0.15, 0.2) is 4.99 Å². The number of quaternary nitrogens is 1. The zero-order valence-electron chi connectivity index (χ0n) is 9.21. The molecule has 0 aromatic heterocycles. The van der Waals surface area contributed by atoms with E-state index in [4.69, 9.17) is 11.5 Å². The lowest BCUT2D eigenvalue weighted by Gasteiger charge is -2.28. The molecule has 0 saturated carbocycles. The van der Waals surface area contributed by atoms with E-state index in [0.717, 1.165) is 13.0 Å². The molecule has 0 unspecified atom stereocenters. The Morgan fingerprint density at radius 2 is 1.86 bits per heavy atom. The van der Waals surface area contributed by atoms with Crippen molar-refractivity contribution in [1.29, 1.82) is 0 Å². The largest absolute Gasteiger partial charge is 0.370 e. The van der Waals surface area contributed by atoms with Crippen LogP contribution < -0.4 is 11.5 Å². The SMILES string of the molecule is C[N+]1(CCCCN=C(N)N)CCCC1. The van der Waals surface area contributed by atoms with Gasteiger partial charge < -0.3 is 16.0 Å². The minimum absolute atomic E-state index is 0.214. The quantitative estimate of drug-likeness (QED) is 0.289. The summed E-state index contributed by atoms with van der Waals surface area (Å²) < 4.78 is 1.25. The molecular weight excluding hydrogens is 176 g/mol. The van der Waals surface area contributed by atoms with Gasteiger partial charge in [-0.2, -0.15) is 0 Å². The molecule has 0 aromatic carbocycles. The molecule has 0 bridgehead atoms. The van der Waals surface area contributed by atoms with Crippen molar-refractivity contribution in [3.63, 3.8) is 0 Å². The third-order valence-electron chi connectivity index (χ3n) is 3.05. The maximum atomic E-state index is 5.25. The molecule has 0 atom stereocenters. The van der Waals surface area contributed by atoms with Crippen LogP contribution in [-0.4, -0.2) is 43.7 Å². The van der Waals surface area contributed by atoms with Gasteiger partial charge in [-0.15, -0.1) is 0 Å². The number of rotatable bonds is 5. The molecule has 1 aliphatic rings. The lowest BCUT2D eigenvalue weighted by molar-refractivity contribution is -0.897. The van der Waals surface area contributed by atoms with Crippen LogP contribution in [0.1, 0.15) is 25.7 Å². The minimum atomic E-state index is 0.214. The predicted octanol–water partition coefficient (Wildman–Crippen LogP) is 0.280. The maximum Gasteiger partial charge on any atom is 0.185 e. The molecule has 1 saturated heterocycles. The summed E-state index contributed by atoms with van der Waals surface area (Å²) >= 11 is 0. The molecule has 14 heavy (non-hydrogen) atoms. The van der Waals surface area contributed by atoms with Crippen molar-refractivity contribution >= 4 is 5.96 Å². The Morgan fingerprint density at radius 3 is 2.43 bits per heavy atom. The monoisotopic (exact) mass is 199 g/mol. The Bertz CT molecular complexity index is 190. The second-order valence-corrected chi connectivity index (χ2v) is 4.51. The van der Waals surface area contributed by atoms with Gasteiger partial charge in [-0.3, -0.25) is 4.99 Å². The van der Waals surface area contributed by atoms with Crippen LogP contribution in [0.3, 0.4) is 0 Å². The fraction of sp³-hybridized carbons (Fsp3) is 0.900. The summed E-state index contributed by atoms with van der Waals surface area (Å²) in [6, 6.07) is 0. The first kappa shape index (κ1) is 11.3. The van der Waals surface area contributed by atoms with Crippen LogP contribution in [0.4, 0.5) is 0 Å². The molecule has 0 aliphatic carbocycles. The van der Waals surface area contributed by atoms with Crippen molar-refractivity contribution < 1.29 is 4.48 Å². The van der Waals surface area contributed by atoms with Gasteiger partial charge >= 0.3 is 0 Å². The van der Waals surface area contributed by atoms with Crippen molar-refractivity contribution in [2.75, 3.05) is 33.2 Å². The van der Waals surface area contributed by atoms with E-state index >= 15 is 0 Å². The van der Waals surface area contributed by atoms with Crippen LogP contribution >= 0.6 is 0 Å². The van der Waals surface area contributed by atoms with Gasteiger partial charge in [0.05, 0.1) is 26.7 Å². The zero-order valence-corrected chi connectivity index (χ0v) is 9.21. The van der Waals surface area contributed by atoms with Gasteiger partial charge in [0, 0.05) is 19.4 Å². The number of unbranched alkanes of at least 4 members (excludes halogenated alkanes) is 1. The van der Waals surface area contributed by atoms with Crippen LogP contribution in [0.2, 0.25) is 0 Å². The van der Waals surface area contributed by atoms with E-state index in [-0.39, 0.29) is 5.96 Å². The maximum absolute atomic E-state index is 5.25. The van der Waals surface area contributed by atoms with Crippen LogP contribution in [0, 0.1) is 0 Å². The Labute approximate surface area is 86.6 Å². The Balaban J connectivity index is 2.06. The van der Waals surface area contributed by atoms with Crippen LogP contribution in [0.5, 0.6) is 0 Å². The standard InChI is InChI=1S/C10H23N4/c1-14(8-4-5-9-14)7-3-2-6-13-10(11)12/h2-9H2,1H3,(H4,11,12,13)/q+1. The lowest BCUT2D eigenvalue weighted by Crippen LogP contribution is -2.41. The minimum Gasteiger partial charge on any atom is -0.370 e. The van der Waals surface area contributed by atoms with E-state index in [1.165, 1.54) is 43.4 Å². The normalized spacial score (nSPS) is 19.5. The molecule has 1 rings (SSSR count). The highest BCUT2D eigenvalue weighted by atomic mass is 15.3. The van der Waals surface area contributed by atoms with Crippen LogP contribution in [0.25, 0.3) is 0 Å². The van der Waals surface area contributed by atoms with E-state index in [1.54, 1.807) is 0 Å². The number of nitrogens with two attached hydrogens (primary N) is 2. The van der Waals surface area contributed by atoms with Crippen LogP contribution in [-0.2, 0) is 0 Å². The van der Waals surface area contributed by atoms with Gasteiger partial charge in [-0.25, -0.2) is 0 Å². The Hall–Kier alpha value is -0.770. The van der Waals surface area contributed by atoms with Gasteiger partial charge in [0.25, 0.3) is 0 Å². The molecule has 0 spiro atoms. The molecule has 4 nitrogen and oxygen atoms in total. The number of aliphatic imine (C=N–C) groups is 1. The molecular formula is C10H23N4+. The van der Waals surface area contributed by atoms with E-state index in [0.29, 0.717) is 0 Å². The van der Waals surface area contributed by atoms with Crippen molar-refractivity contribution in [3.05, 3.63) is 0 Å². The summed E-state index contributed by atoms with van der Waals surface area (Å²) in [6.07, 6.45) is 5.12. The summed E-state index contributed by atoms with van der Waals surface area (Å²) in [5.74, 6) is 0.214. The summed E-state index contributed by atoms with van der Waals surface area (Å²) in [5.41, 5.74) is 10.5. The average Bonchev–Trinajstić information content (AvgIpc) is 2.51. The molecule has 4 heteroatoms. The number of nitrogens with zero attached hydrogens (tertiary/aromatic N) is 2. The van der Waals surface area contributed by atoms with Gasteiger partial charge in [0.2, 0.25) is 0 Å². The molecule has 0 aromatic rings. The van der Waals surface area contributed by atoms with E-state index in [9.17, 15) is 0 Å². The summed E-state index contributed by atoms with van der Waals surface area (Å²) in [4.78, 5) is 3.98. The third kappa shape index (κ3) is 3.96. The smallest absolute Gasteiger partial charge is 0.185 e. The fourth-order valence-corrected chi connectivity index (χ4v) is 2.14. The predicted molar refractivity (Wildman–Crippen MR) is 59.9 cm³/mol. The van der Waals surface area contributed by atoms with E-state index < -0.39 is 0 Å². The van der Waals surface area contributed by atoms with Gasteiger partial charge in [0.15, 0.2) is 5.96 Å². The van der Waals surface area contributed by atoms with E-state index in [1.807, 2.05) is 0 Å². The number of hydrogen-bond acceptors (Lipinski definition) is 1. The fourth-order valence-electron chi connectivity index (χ4n) is 2.14. The highest BCUT2D eigenvalue weighted by molar-refractivity contribution is 5.75. The molecule has 82 valence electrons. The summed E-state index contributed by atoms with van der Waals surface area (Å²) in [6.45, 7) is 4.76. The molecule has 1 aliphatic heterocycles.